The van der Waals surface area contributed by atoms with Crippen molar-refractivity contribution in [2.75, 3.05) is 19.3 Å². The quantitative estimate of drug-likeness (QED) is 0.274. The zero-order valence-electron chi connectivity index (χ0n) is 22.3. The summed E-state index contributed by atoms with van der Waals surface area (Å²) in [6.07, 6.45) is -9.17. The van der Waals surface area contributed by atoms with Crippen molar-refractivity contribution in [1.29, 1.82) is 0 Å². The summed E-state index contributed by atoms with van der Waals surface area (Å²) in [5, 5.41) is 5.52. The van der Waals surface area contributed by atoms with Crippen LogP contribution in [0.4, 0.5) is 26.3 Å². The molecule has 1 atom stereocenters. The van der Waals surface area contributed by atoms with Crippen molar-refractivity contribution in [3.8, 4) is 5.75 Å². The van der Waals surface area contributed by atoms with Gasteiger partial charge in [-0.25, -0.2) is 4.98 Å². The average Bonchev–Trinajstić information content (AvgIpc) is 3.52. The summed E-state index contributed by atoms with van der Waals surface area (Å²) >= 11 is 1.36. The summed E-state index contributed by atoms with van der Waals surface area (Å²) in [6, 6.07) is 4.67. The van der Waals surface area contributed by atoms with Crippen LogP contribution >= 0.6 is 11.3 Å². The second-order valence-electron chi connectivity index (χ2n) is 10.0. The Bertz CT molecular complexity index is 1600. The molecule has 0 radical (unpaired) electrons. The number of carbonyl (C=O) groups excluding carboxylic acids is 1. The normalized spacial score (nSPS) is 18.8. The van der Waals surface area contributed by atoms with Crippen LogP contribution in [0.15, 0.2) is 29.6 Å². The maximum absolute atomic E-state index is 13.3. The van der Waals surface area contributed by atoms with Gasteiger partial charge in [-0.15, -0.1) is 11.3 Å². The molecule has 1 saturated heterocycles. The topological polar surface area (TPSA) is 113 Å². The number of carbonyl (C=O) groups is 1. The van der Waals surface area contributed by atoms with Crippen LogP contribution in [-0.2, 0) is 56.5 Å². The Morgan fingerprint density at radius 1 is 1.05 bits per heavy atom. The standard InChI is InChI=1S/C25H24F6N4O6S2/c1-43(37,38)41-17-3-2-15-11-39-23(40-12-16(15)8-17)18-13-42-22(32-18)14-4-6-34(7-5-14)21(36)10-35-20(25(29,30)31)9-19(33-35)24(26,27)28/h2-3,8-9,13-14,23H,4-7,10-12H2,1H3. The summed E-state index contributed by atoms with van der Waals surface area (Å²) in [7, 11) is -3.69. The van der Waals surface area contributed by atoms with Gasteiger partial charge in [-0.3, -0.25) is 9.48 Å². The van der Waals surface area contributed by atoms with Crippen LogP contribution in [0.25, 0.3) is 0 Å². The zero-order chi connectivity index (χ0) is 31.2. The third-order valence-corrected chi connectivity index (χ3v) is 8.35. The molecule has 1 amide bonds. The minimum absolute atomic E-state index is 0.0505. The highest BCUT2D eigenvalue weighted by atomic mass is 32.2. The van der Waals surface area contributed by atoms with Crippen LogP contribution in [0.3, 0.4) is 0 Å². The van der Waals surface area contributed by atoms with E-state index in [1.807, 2.05) is 0 Å². The number of ether oxygens (including phenoxy) is 2. The largest absolute Gasteiger partial charge is 0.435 e. The fraction of sp³-hybridized carbons (Fsp3) is 0.480. The van der Waals surface area contributed by atoms with Gasteiger partial charge >= 0.3 is 22.5 Å². The van der Waals surface area contributed by atoms with E-state index in [1.165, 1.54) is 22.3 Å². The second kappa shape index (κ2) is 11.7. The monoisotopic (exact) mass is 654 g/mol. The first-order valence-corrected chi connectivity index (χ1v) is 15.5. The Morgan fingerprint density at radius 2 is 1.72 bits per heavy atom. The lowest BCUT2D eigenvalue weighted by Gasteiger charge is -2.31. The molecule has 43 heavy (non-hydrogen) atoms. The van der Waals surface area contributed by atoms with E-state index < -0.39 is 52.6 Å². The van der Waals surface area contributed by atoms with Crippen molar-refractivity contribution in [2.45, 2.75) is 57.2 Å². The van der Waals surface area contributed by atoms with Crippen LogP contribution in [0.5, 0.6) is 5.75 Å². The van der Waals surface area contributed by atoms with Crippen LogP contribution in [0.2, 0.25) is 0 Å². The van der Waals surface area contributed by atoms with E-state index in [0.717, 1.165) is 16.8 Å². The Labute approximate surface area is 245 Å². The van der Waals surface area contributed by atoms with Crippen molar-refractivity contribution in [1.82, 2.24) is 19.7 Å². The molecule has 3 aromatic rings. The van der Waals surface area contributed by atoms with E-state index in [9.17, 15) is 39.6 Å². The molecule has 10 nitrogen and oxygen atoms in total. The van der Waals surface area contributed by atoms with E-state index >= 15 is 0 Å². The summed E-state index contributed by atoms with van der Waals surface area (Å²) in [4.78, 5) is 18.7. The van der Waals surface area contributed by atoms with E-state index in [-0.39, 0.29) is 48.7 Å². The number of hydrogen-bond acceptors (Lipinski definition) is 9. The van der Waals surface area contributed by atoms with Gasteiger partial charge in [0.1, 0.15) is 23.7 Å². The number of benzene rings is 1. The molecule has 2 aromatic heterocycles. The van der Waals surface area contributed by atoms with Gasteiger partial charge < -0.3 is 18.6 Å². The van der Waals surface area contributed by atoms with Crippen LogP contribution in [0, 0.1) is 0 Å². The minimum atomic E-state index is -5.12. The molecule has 0 saturated carbocycles. The zero-order valence-corrected chi connectivity index (χ0v) is 23.9. The third-order valence-electron chi connectivity index (χ3n) is 6.83. The van der Waals surface area contributed by atoms with Crippen molar-refractivity contribution in [3.63, 3.8) is 0 Å². The van der Waals surface area contributed by atoms with Crippen molar-refractivity contribution >= 4 is 27.4 Å². The number of nitrogens with zero attached hydrogens (tertiary/aromatic N) is 4. The van der Waals surface area contributed by atoms with Crippen molar-refractivity contribution in [2.24, 2.45) is 0 Å². The molecule has 0 spiro atoms. The summed E-state index contributed by atoms with van der Waals surface area (Å²) in [5.41, 5.74) is -1.35. The molecule has 2 aliphatic rings. The highest BCUT2D eigenvalue weighted by molar-refractivity contribution is 7.86. The van der Waals surface area contributed by atoms with Gasteiger partial charge in [0.05, 0.1) is 24.5 Å². The predicted octanol–water partition coefficient (Wildman–Crippen LogP) is 4.87. The van der Waals surface area contributed by atoms with Gasteiger partial charge in [0, 0.05) is 30.5 Å². The van der Waals surface area contributed by atoms with Crippen LogP contribution < -0.4 is 4.18 Å². The molecule has 1 aromatic carbocycles. The number of alkyl halides is 6. The molecule has 2 aliphatic heterocycles. The van der Waals surface area contributed by atoms with E-state index in [0.29, 0.717) is 24.1 Å². The van der Waals surface area contributed by atoms with Crippen LogP contribution in [-0.4, -0.2) is 53.3 Å². The van der Waals surface area contributed by atoms with E-state index in [2.05, 4.69) is 10.1 Å². The molecule has 1 fully saturated rings. The fourth-order valence-corrected chi connectivity index (χ4v) is 6.20. The van der Waals surface area contributed by atoms with Gasteiger partial charge in [-0.05, 0) is 36.1 Å². The number of amides is 1. The number of aromatic nitrogens is 3. The molecular weight excluding hydrogens is 630 g/mol. The molecule has 18 heteroatoms. The molecule has 0 bridgehead atoms. The average molecular weight is 655 g/mol. The number of piperidine rings is 1. The number of likely N-dealkylation sites (tertiary alicyclic amines) is 1. The molecule has 1 unspecified atom stereocenters. The first-order valence-electron chi connectivity index (χ1n) is 12.8. The third kappa shape index (κ3) is 7.47. The Kier molecular flexibility index (Phi) is 8.49. The molecular formula is C25H24F6N4O6S2. The predicted molar refractivity (Wildman–Crippen MR) is 137 cm³/mol. The highest BCUT2D eigenvalue weighted by Crippen LogP contribution is 2.37. The Balaban J connectivity index is 1.18. The van der Waals surface area contributed by atoms with Crippen LogP contribution in [0.1, 0.15) is 58.3 Å². The fourth-order valence-electron chi connectivity index (χ4n) is 4.76. The summed E-state index contributed by atoms with van der Waals surface area (Å²) < 4.78 is 118. The lowest BCUT2D eigenvalue weighted by Crippen LogP contribution is -2.40. The molecule has 0 N–H and O–H groups in total. The van der Waals surface area contributed by atoms with Gasteiger partial charge in [-0.1, -0.05) is 6.07 Å². The lowest BCUT2D eigenvalue weighted by molar-refractivity contribution is -0.155. The first-order chi connectivity index (χ1) is 20.1. The van der Waals surface area contributed by atoms with Gasteiger partial charge in [0.25, 0.3) is 0 Å². The highest BCUT2D eigenvalue weighted by Gasteiger charge is 2.42. The maximum Gasteiger partial charge on any atom is 0.435 e. The summed E-state index contributed by atoms with van der Waals surface area (Å²) in [6.45, 7) is -0.320. The van der Waals surface area contributed by atoms with Gasteiger partial charge in [-0.2, -0.15) is 39.9 Å². The number of hydrogen-bond donors (Lipinski definition) is 0. The minimum Gasteiger partial charge on any atom is -0.383 e. The number of thiazole rings is 1. The lowest BCUT2D eigenvalue weighted by atomic mass is 9.97. The molecule has 5 rings (SSSR count). The van der Waals surface area contributed by atoms with Crippen molar-refractivity contribution < 1.29 is 53.2 Å². The number of fused-ring (bicyclic) bond motifs is 1. The molecule has 234 valence electrons. The SMILES string of the molecule is CS(=O)(=O)Oc1ccc2c(c1)COC(c1csc(C3CCN(C(=O)Cn4nc(C(F)(F)F)cc4C(F)(F)F)CC3)n1)OC2. The number of halogens is 6. The number of rotatable bonds is 6. The molecule has 0 aliphatic carbocycles. The summed E-state index contributed by atoms with van der Waals surface area (Å²) in [5.74, 6) is -0.681. The van der Waals surface area contributed by atoms with Gasteiger partial charge in [0.15, 0.2) is 5.69 Å². The first kappa shape index (κ1) is 31.2. The van der Waals surface area contributed by atoms with Gasteiger partial charge in [0.2, 0.25) is 12.2 Å². The maximum atomic E-state index is 13.3. The van der Waals surface area contributed by atoms with E-state index in [1.54, 1.807) is 17.5 Å². The second-order valence-corrected chi connectivity index (χ2v) is 12.5. The Morgan fingerprint density at radius 3 is 2.35 bits per heavy atom. The smallest absolute Gasteiger partial charge is 0.383 e. The Hall–Kier alpha value is -3.22. The van der Waals surface area contributed by atoms with Crippen molar-refractivity contribution in [3.05, 3.63) is 62.9 Å². The molecule has 4 heterocycles. The van der Waals surface area contributed by atoms with E-state index in [4.69, 9.17) is 13.7 Å².